The highest BCUT2D eigenvalue weighted by Crippen LogP contribution is 2.20. The number of hydrogen-bond acceptors (Lipinski definition) is 2. The molecule has 0 aliphatic heterocycles. The Bertz CT molecular complexity index is 528. The van der Waals surface area contributed by atoms with E-state index in [0.717, 1.165) is 6.42 Å². The van der Waals surface area contributed by atoms with Crippen LogP contribution in [0.3, 0.4) is 0 Å². The number of hydrogen-bond donors (Lipinski definition) is 1. The van der Waals surface area contributed by atoms with Crippen LogP contribution < -0.4 is 10.1 Å². The molecule has 1 aliphatic rings. The van der Waals surface area contributed by atoms with Gasteiger partial charge in [0.1, 0.15) is 5.75 Å². The van der Waals surface area contributed by atoms with Crippen molar-refractivity contribution in [3.63, 3.8) is 0 Å². The molecule has 1 aliphatic carbocycles. The number of carbonyl (C=O) groups is 1. The predicted molar refractivity (Wildman–Crippen MR) is 90.3 cm³/mol. The van der Waals surface area contributed by atoms with Gasteiger partial charge in [0.15, 0.2) is 6.10 Å². The van der Waals surface area contributed by atoms with Crippen LogP contribution >= 0.6 is 11.6 Å². The molecule has 120 valence electrons. The summed E-state index contributed by atoms with van der Waals surface area (Å²) in [6.45, 7) is 2.62. The van der Waals surface area contributed by atoms with Crippen molar-refractivity contribution in [2.45, 2.75) is 51.6 Å². The Balaban J connectivity index is 1.79. The van der Waals surface area contributed by atoms with E-state index in [0.29, 0.717) is 23.7 Å². The fourth-order valence-corrected chi connectivity index (χ4v) is 2.80. The average Bonchev–Trinajstić information content (AvgIpc) is 2.53. The van der Waals surface area contributed by atoms with Crippen molar-refractivity contribution >= 4 is 17.5 Å². The van der Waals surface area contributed by atoms with E-state index in [1.54, 1.807) is 12.1 Å². The molecule has 0 unspecified atom stereocenters. The maximum Gasteiger partial charge on any atom is 0.261 e. The van der Waals surface area contributed by atoms with Gasteiger partial charge in [0.05, 0.1) is 0 Å². The van der Waals surface area contributed by atoms with Crippen molar-refractivity contribution < 1.29 is 9.53 Å². The summed E-state index contributed by atoms with van der Waals surface area (Å²) < 4.78 is 5.74. The number of allylic oxidation sites excluding steroid dienone is 1. The number of carbonyl (C=O) groups excluding carboxylic acids is 1. The van der Waals surface area contributed by atoms with Crippen molar-refractivity contribution in [3.8, 4) is 5.75 Å². The largest absolute Gasteiger partial charge is 0.481 e. The smallest absolute Gasteiger partial charge is 0.261 e. The number of ether oxygens (including phenoxy) is 1. The maximum absolute atomic E-state index is 12.2. The van der Waals surface area contributed by atoms with E-state index in [-0.39, 0.29) is 5.91 Å². The summed E-state index contributed by atoms with van der Waals surface area (Å²) in [5.74, 6) is 0.573. The van der Waals surface area contributed by atoms with E-state index in [4.69, 9.17) is 16.3 Å². The molecule has 1 atom stereocenters. The van der Waals surface area contributed by atoms with E-state index >= 15 is 0 Å². The van der Waals surface area contributed by atoms with Crippen LogP contribution in [-0.4, -0.2) is 18.6 Å². The van der Waals surface area contributed by atoms with Gasteiger partial charge in [-0.1, -0.05) is 36.2 Å². The minimum atomic E-state index is -0.473. The number of nitrogens with one attached hydrogen (secondary N) is 1. The Hall–Kier alpha value is -1.48. The first-order valence-electron chi connectivity index (χ1n) is 8.07. The molecule has 22 heavy (non-hydrogen) atoms. The molecule has 0 spiro atoms. The maximum atomic E-state index is 12.2. The third kappa shape index (κ3) is 5.38. The molecule has 3 nitrogen and oxygen atoms in total. The van der Waals surface area contributed by atoms with Gasteiger partial charge in [-0.3, -0.25) is 4.79 Å². The lowest BCUT2D eigenvalue weighted by Gasteiger charge is -2.18. The summed E-state index contributed by atoms with van der Waals surface area (Å²) in [5.41, 5.74) is 1.47. The number of benzene rings is 1. The van der Waals surface area contributed by atoms with E-state index in [1.807, 2.05) is 19.1 Å². The zero-order valence-corrected chi connectivity index (χ0v) is 13.9. The van der Waals surface area contributed by atoms with Crippen molar-refractivity contribution in [1.29, 1.82) is 0 Å². The molecule has 1 N–H and O–H groups in total. The third-order valence-corrected chi connectivity index (χ3v) is 4.10. The zero-order valence-electron chi connectivity index (χ0n) is 13.1. The minimum absolute atomic E-state index is 0.0566. The normalized spacial score (nSPS) is 15.8. The highest BCUT2D eigenvalue weighted by atomic mass is 35.5. The molecule has 1 amide bonds. The second-order valence-electron chi connectivity index (χ2n) is 5.62. The van der Waals surface area contributed by atoms with Crippen LogP contribution in [0.4, 0.5) is 0 Å². The van der Waals surface area contributed by atoms with Crippen molar-refractivity contribution in [2.75, 3.05) is 6.54 Å². The molecule has 1 aromatic carbocycles. The number of amides is 1. The minimum Gasteiger partial charge on any atom is -0.481 e. The van der Waals surface area contributed by atoms with Crippen LogP contribution in [0.15, 0.2) is 35.9 Å². The molecule has 0 saturated carbocycles. The SMILES string of the molecule is CC[C@@H](Oc1cccc(Cl)c1)C(=O)NCCC1=CCCCC1. The van der Waals surface area contributed by atoms with Crippen molar-refractivity contribution in [1.82, 2.24) is 5.32 Å². The molecule has 0 aromatic heterocycles. The zero-order chi connectivity index (χ0) is 15.8. The number of rotatable bonds is 7. The summed E-state index contributed by atoms with van der Waals surface area (Å²) in [4.78, 5) is 12.2. The van der Waals surface area contributed by atoms with Gasteiger partial charge >= 0.3 is 0 Å². The van der Waals surface area contributed by atoms with Gasteiger partial charge in [-0.25, -0.2) is 0 Å². The standard InChI is InChI=1S/C18H24ClNO2/c1-2-17(22-16-10-6-9-15(19)13-16)18(21)20-12-11-14-7-4-3-5-8-14/h6-7,9-10,13,17H,2-5,8,11-12H2,1H3,(H,20,21)/t17-/m1/s1. The van der Waals surface area contributed by atoms with E-state index in [1.165, 1.54) is 31.3 Å². The first-order chi connectivity index (χ1) is 10.7. The second kappa shape index (κ2) is 8.84. The van der Waals surface area contributed by atoms with E-state index < -0.39 is 6.10 Å². The quantitative estimate of drug-likeness (QED) is 0.751. The van der Waals surface area contributed by atoms with Gasteiger partial charge < -0.3 is 10.1 Å². The Morgan fingerprint density at radius 3 is 2.95 bits per heavy atom. The summed E-state index contributed by atoms with van der Waals surface area (Å²) in [7, 11) is 0. The van der Waals surface area contributed by atoms with Gasteiger partial charge in [-0.15, -0.1) is 0 Å². The van der Waals surface area contributed by atoms with Gasteiger partial charge in [-0.05, 0) is 56.7 Å². The summed E-state index contributed by atoms with van der Waals surface area (Å²) >= 11 is 5.93. The molecular weight excluding hydrogens is 298 g/mol. The third-order valence-electron chi connectivity index (χ3n) is 3.87. The fourth-order valence-electron chi connectivity index (χ4n) is 2.62. The van der Waals surface area contributed by atoms with Gasteiger partial charge in [0.2, 0.25) is 0 Å². The molecule has 0 radical (unpaired) electrons. The predicted octanol–water partition coefficient (Wildman–Crippen LogP) is 4.50. The van der Waals surface area contributed by atoms with Crippen LogP contribution in [0.1, 0.15) is 45.4 Å². The van der Waals surface area contributed by atoms with Crippen LogP contribution in [0.5, 0.6) is 5.75 Å². The van der Waals surface area contributed by atoms with E-state index in [9.17, 15) is 4.79 Å². The number of halogens is 1. The van der Waals surface area contributed by atoms with Crippen LogP contribution in [0, 0.1) is 0 Å². The lowest BCUT2D eigenvalue weighted by atomic mass is 9.97. The average molecular weight is 322 g/mol. The van der Waals surface area contributed by atoms with Crippen molar-refractivity contribution in [3.05, 3.63) is 40.9 Å². The topological polar surface area (TPSA) is 38.3 Å². The molecule has 0 saturated heterocycles. The molecular formula is C18H24ClNO2. The lowest BCUT2D eigenvalue weighted by molar-refractivity contribution is -0.128. The molecule has 4 heteroatoms. The molecule has 0 fully saturated rings. The first-order valence-corrected chi connectivity index (χ1v) is 8.44. The summed E-state index contributed by atoms with van der Waals surface area (Å²) in [6.07, 6.45) is 8.33. The lowest BCUT2D eigenvalue weighted by Crippen LogP contribution is -2.38. The monoisotopic (exact) mass is 321 g/mol. The first kappa shape index (κ1) is 16.9. The highest BCUT2D eigenvalue weighted by Gasteiger charge is 2.18. The summed E-state index contributed by atoms with van der Waals surface area (Å²) in [6, 6.07) is 7.14. The Labute approximate surface area is 137 Å². The van der Waals surface area contributed by atoms with Gasteiger partial charge in [0, 0.05) is 11.6 Å². The molecule has 2 rings (SSSR count). The second-order valence-corrected chi connectivity index (χ2v) is 6.06. The fraction of sp³-hybridized carbons (Fsp3) is 0.500. The molecule has 0 bridgehead atoms. The summed E-state index contributed by atoms with van der Waals surface area (Å²) in [5, 5.41) is 3.59. The van der Waals surface area contributed by atoms with Gasteiger partial charge in [-0.2, -0.15) is 0 Å². The van der Waals surface area contributed by atoms with Gasteiger partial charge in [0.25, 0.3) is 5.91 Å². The van der Waals surface area contributed by atoms with Crippen LogP contribution in [0.25, 0.3) is 0 Å². The van der Waals surface area contributed by atoms with E-state index in [2.05, 4.69) is 11.4 Å². The van der Waals surface area contributed by atoms with Crippen LogP contribution in [-0.2, 0) is 4.79 Å². The molecule has 0 heterocycles. The Morgan fingerprint density at radius 1 is 1.41 bits per heavy atom. The molecule has 1 aromatic rings. The van der Waals surface area contributed by atoms with Crippen molar-refractivity contribution in [2.24, 2.45) is 0 Å². The van der Waals surface area contributed by atoms with Crippen LogP contribution in [0.2, 0.25) is 5.02 Å². The highest BCUT2D eigenvalue weighted by molar-refractivity contribution is 6.30. The Kier molecular flexibility index (Phi) is 6.78. The Morgan fingerprint density at radius 2 is 2.27 bits per heavy atom.